The predicted molar refractivity (Wildman–Crippen MR) is 42.4 cm³/mol. The summed E-state index contributed by atoms with van der Waals surface area (Å²) in [6.07, 6.45) is 4.53. The highest BCUT2D eigenvalue weighted by atomic mass is 16.4. The van der Waals surface area contributed by atoms with Crippen molar-refractivity contribution in [2.75, 3.05) is 0 Å². The first kappa shape index (κ1) is 9.24. The Morgan fingerprint density at radius 1 is 1.43 bits per heavy atom. The summed E-state index contributed by atoms with van der Waals surface area (Å²) in [6, 6.07) is 0. The van der Waals surface area contributed by atoms with E-state index in [0.29, 0.717) is 12.8 Å². The molecular formula is C10H10O4-2. The van der Waals surface area contributed by atoms with Crippen molar-refractivity contribution in [3.63, 3.8) is 0 Å². The first-order chi connectivity index (χ1) is 6.53. The monoisotopic (exact) mass is 194 g/mol. The number of hydrogen-bond acceptors (Lipinski definition) is 4. The maximum atomic E-state index is 10.8. The van der Waals surface area contributed by atoms with Gasteiger partial charge in [0.1, 0.15) is 0 Å². The van der Waals surface area contributed by atoms with Crippen LogP contribution in [0.3, 0.4) is 0 Å². The van der Waals surface area contributed by atoms with Gasteiger partial charge in [0.15, 0.2) is 0 Å². The van der Waals surface area contributed by atoms with Crippen LogP contribution in [-0.4, -0.2) is 11.9 Å². The Balaban J connectivity index is 2.26. The molecule has 0 aromatic carbocycles. The second-order valence-corrected chi connectivity index (χ2v) is 4.21. The van der Waals surface area contributed by atoms with Crippen LogP contribution < -0.4 is 10.2 Å². The summed E-state index contributed by atoms with van der Waals surface area (Å²) < 4.78 is 0. The molecule has 2 aliphatic rings. The van der Waals surface area contributed by atoms with Crippen LogP contribution in [0.2, 0.25) is 0 Å². The number of carboxylic acid groups (broad SMARTS) is 2. The molecule has 14 heavy (non-hydrogen) atoms. The average molecular weight is 194 g/mol. The lowest BCUT2D eigenvalue weighted by Crippen LogP contribution is -2.42. The Hall–Kier alpha value is -1.32. The van der Waals surface area contributed by atoms with E-state index in [4.69, 9.17) is 0 Å². The molecule has 0 aromatic rings. The fraction of sp³-hybridized carbons (Fsp3) is 0.600. The van der Waals surface area contributed by atoms with Crippen LogP contribution in [0, 0.1) is 17.3 Å². The highest BCUT2D eigenvalue weighted by molar-refractivity contribution is 5.74. The molecule has 0 amide bonds. The second-order valence-electron chi connectivity index (χ2n) is 4.21. The van der Waals surface area contributed by atoms with E-state index in [1.807, 2.05) is 6.08 Å². The zero-order valence-corrected chi connectivity index (χ0v) is 7.56. The number of rotatable bonds is 3. The minimum atomic E-state index is -1.19. The van der Waals surface area contributed by atoms with E-state index in [1.54, 1.807) is 6.08 Å². The maximum Gasteiger partial charge on any atom is 0.0454 e. The molecule has 0 spiro atoms. The number of carbonyl (C=O) groups excluding carboxylic acids is 2. The predicted octanol–water partition coefficient (Wildman–Crippen LogP) is -1.54. The summed E-state index contributed by atoms with van der Waals surface area (Å²) in [5.41, 5.74) is -0.734. The molecule has 0 N–H and O–H groups in total. The van der Waals surface area contributed by atoms with Gasteiger partial charge in [-0.2, -0.15) is 0 Å². The van der Waals surface area contributed by atoms with Gasteiger partial charge in [-0.15, -0.1) is 0 Å². The van der Waals surface area contributed by atoms with Gasteiger partial charge in [-0.25, -0.2) is 0 Å². The van der Waals surface area contributed by atoms with E-state index < -0.39 is 23.3 Å². The normalized spacial score (nSPS) is 38.9. The zero-order valence-electron chi connectivity index (χ0n) is 7.56. The highest BCUT2D eigenvalue weighted by Crippen LogP contribution is 2.54. The molecule has 76 valence electrons. The summed E-state index contributed by atoms with van der Waals surface area (Å²) in [5, 5.41) is 21.4. The molecule has 4 heteroatoms. The molecule has 0 heterocycles. The number of aliphatic carboxylic acids is 2. The van der Waals surface area contributed by atoms with Gasteiger partial charge in [0, 0.05) is 23.3 Å². The minimum Gasteiger partial charge on any atom is -0.550 e. The van der Waals surface area contributed by atoms with Gasteiger partial charge in [-0.1, -0.05) is 12.2 Å². The van der Waals surface area contributed by atoms with Crippen molar-refractivity contribution in [2.24, 2.45) is 17.3 Å². The number of hydrogen-bond donors (Lipinski definition) is 0. The largest absolute Gasteiger partial charge is 0.550 e. The van der Waals surface area contributed by atoms with Crippen LogP contribution in [0.25, 0.3) is 0 Å². The number of fused-ring (bicyclic) bond motifs is 2. The van der Waals surface area contributed by atoms with Gasteiger partial charge >= 0.3 is 0 Å². The molecule has 2 bridgehead atoms. The summed E-state index contributed by atoms with van der Waals surface area (Å²) in [7, 11) is 0. The van der Waals surface area contributed by atoms with Crippen molar-refractivity contribution >= 4 is 11.9 Å². The van der Waals surface area contributed by atoms with Crippen LogP contribution in [0.5, 0.6) is 0 Å². The van der Waals surface area contributed by atoms with E-state index in [0.717, 1.165) is 0 Å². The Morgan fingerprint density at radius 2 is 2.14 bits per heavy atom. The van der Waals surface area contributed by atoms with Crippen LogP contribution in [0.4, 0.5) is 0 Å². The Bertz CT molecular complexity index is 320. The molecular weight excluding hydrogens is 184 g/mol. The fourth-order valence-electron chi connectivity index (χ4n) is 2.76. The molecule has 0 unspecified atom stereocenters. The Kier molecular flexibility index (Phi) is 1.87. The van der Waals surface area contributed by atoms with Crippen molar-refractivity contribution in [1.29, 1.82) is 0 Å². The van der Waals surface area contributed by atoms with Crippen LogP contribution in [0.1, 0.15) is 19.3 Å². The third kappa shape index (κ3) is 1.22. The molecule has 2 rings (SSSR count). The van der Waals surface area contributed by atoms with Gasteiger partial charge in [0.25, 0.3) is 0 Å². The quantitative estimate of drug-likeness (QED) is 0.510. The molecule has 0 saturated heterocycles. The summed E-state index contributed by atoms with van der Waals surface area (Å²) >= 11 is 0. The third-order valence-electron chi connectivity index (χ3n) is 3.33. The SMILES string of the molecule is O=C([O-])C[C@@]12C=C[C@@H](C[C@H]1C(=O)[O-])C2. The molecule has 1 saturated carbocycles. The van der Waals surface area contributed by atoms with Gasteiger partial charge < -0.3 is 19.8 Å². The lowest BCUT2D eigenvalue weighted by molar-refractivity contribution is -0.316. The molecule has 4 nitrogen and oxygen atoms in total. The minimum absolute atomic E-state index is 0.206. The molecule has 2 aliphatic carbocycles. The first-order valence-electron chi connectivity index (χ1n) is 4.63. The van der Waals surface area contributed by atoms with E-state index in [9.17, 15) is 19.8 Å². The summed E-state index contributed by atoms with van der Waals surface area (Å²) in [5.74, 6) is -2.78. The van der Waals surface area contributed by atoms with E-state index in [2.05, 4.69) is 0 Å². The summed E-state index contributed by atoms with van der Waals surface area (Å²) in [4.78, 5) is 21.4. The van der Waals surface area contributed by atoms with Crippen LogP contribution >= 0.6 is 0 Å². The van der Waals surface area contributed by atoms with Gasteiger partial charge in [-0.05, 0) is 25.2 Å². The molecule has 0 radical (unpaired) electrons. The summed E-state index contributed by atoms with van der Waals surface area (Å²) in [6.45, 7) is 0. The van der Waals surface area contributed by atoms with Crippen molar-refractivity contribution in [1.82, 2.24) is 0 Å². The van der Waals surface area contributed by atoms with Gasteiger partial charge in [-0.3, -0.25) is 0 Å². The van der Waals surface area contributed by atoms with Crippen molar-refractivity contribution < 1.29 is 19.8 Å². The standard InChI is InChI=1S/C10H12O4/c11-8(12)5-10-2-1-6(4-10)3-7(10)9(13)14/h1-2,6-7H,3-5H2,(H,11,12)(H,13,14)/p-2/t6-,7-,10-/m0/s1. The van der Waals surface area contributed by atoms with E-state index in [-0.39, 0.29) is 12.3 Å². The zero-order chi connectivity index (χ0) is 10.3. The lowest BCUT2D eigenvalue weighted by atomic mass is 9.75. The van der Waals surface area contributed by atoms with E-state index >= 15 is 0 Å². The first-order valence-corrected chi connectivity index (χ1v) is 4.63. The number of carboxylic acids is 2. The second kappa shape index (κ2) is 2.83. The molecule has 0 aliphatic heterocycles. The third-order valence-corrected chi connectivity index (χ3v) is 3.33. The van der Waals surface area contributed by atoms with Crippen molar-refractivity contribution in [3.05, 3.63) is 12.2 Å². The van der Waals surface area contributed by atoms with Crippen LogP contribution in [-0.2, 0) is 9.59 Å². The number of allylic oxidation sites excluding steroid dienone is 2. The maximum absolute atomic E-state index is 10.8. The molecule has 3 atom stereocenters. The topological polar surface area (TPSA) is 80.3 Å². The molecule has 0 aromatic heterocycles. The van der Waals surface area contributed by atoms with Gasteiger partial charge in [0.2, 0.25) is 0 Å². The van der Waals surface area contributed by atoms with Gasteiger partial charge in [0.05, 0.1) is 0 Å². The van der Waals surface area contributed by atoms with Crippen molar-refractivity contribution in [2.45, 2.75) is 19.3 Å². The number of carbonyl (C=O) groups is 2. The molecule has 1 fully saturated rings. The average Bonchev–Trinajstić information content (AvgIpc) is 2.58. The Morgan fingerprint density at radius 3 is 2.64 bits per heavy atom. The highest BCUT2D eigenvalue weighted by Gasteiger charge is 2.48. The smallest absolute Gasteiger partial charge is 0.0454 e. The van der Waals surface area contributed by atoms with Crippen molar-refractivity contribution in [3.8, 4) is 0 Å². The van der Waals surface area contributed by atoms with E-state index in [1.165, 1.54) is 0 Å². The Labute approximate surface area is 81.2 Å². The lowest BCUT2D eigenvalue weighted by Gasteiger charge is -2.33. The van der Waals surface area contributed by atoms with Crippen LogP contribution in [0.15, 0.2) is 12.2 Å². The fourth-order valence-corrected chi connectivity index (χ4v) is 2.76.